The quantitative estimate of drug-likeness (QED) is 0.331. The van der Waals surface area contributed by atoms with Crippen LogP contribution in [0.4, 0.5) is 27.6 Å². The summed E-state index contributed by atoms with van der Waals surface area (Å²) in [4.78, 5) is 39.8. The van der Waals surface area contributed by atoms with Crippen LogP contribution in [0.25, 0.3) is 0 Å². The molecule has 2 N–H and O–H groups in total. The van der Waals surface area contributed by atoms with Crippen molar-refractivity contribution >= 4 is 35.0 Å². The molecule has 42 heavy (non-hydrogen) atoms. The Bertz CT molecular complexity index is 1600. The number of ether oxygens (including phenoxy) is 1. The van der Waals surface area contributed by atoms with E-state index in [9.17, 15) is 36.3 Å². The zero-order valence-electron chi connectivity index (χ0n) is 21.9. The first-order chi connectivity index (χ1) is 19.8. The van der Waals surface area contributed by atoms with Crippen molar-refractivity contribution in [1.29, 1.82) is 0 Å². The zero-order valence-corrected chi connectivity index (χ0v) is 22.7. The predicted octanol–water partition coefficient (Wildman–Crippen LogP) is 6.11. The van der Waals surface area contributed by atoms with Gasteiger partial charge in [-0.05, 0) is 55.3 Å². The lowest BCUT2D eigenvalue weighted by molar-refractivity contribution is -0.137. The van der Waals surface area contributed by atoms with Gasteiger partial charge in [-0.2, -0.15) is 13.2 Å². The maximum atomic E-state index is 14.2. The molecule has 0 aromatic heterocycles. The average Bonchev–Trinajstić information content (AvgIpc) is 3.53. The molecule has 1 unspecified atom stereocenters. The van der Waals surface area contributed by atoms with Crippen molar-refractivity contribution in [3.8, 4) is 5.75 Å². The number of nitrogens with zero attached hydrogens (tertiary/aromatic N) is 1. The first kappa shape index (κ1) is 29.3. The second-order valence-electron chi connectivity index (χ2n) is 10.0. The largest absolute Gasteiger partial charge is 0.491 e. The van der Waals surface area contributed by atoms with Crippen molar-refractivity contribution in [3.63, 3.8) is 0 Å². The van der Waals surface area contributed by atoms with E-state index in [0.717, 1.165) is 18.6 Å². The van der Waals surface area contributed by atoms with Crippen LogP contribution in [0.3, 0.4) is 0 Å². The number of alkyl halides is 3. The van der Waals surface area contributed by atoms with Gasteiger partial charge in [-0.25, -0.2) is 8.78 Å². The maximum absolute atomic E-state index is 14.2. The van der Waals surface area contributed by atoms with E-state index in [0.29, 0.717) is 25.1 Å². The minimum atomic E-state index is -4.91. The van der Waals surface area contributed by atoms with Gasteiger partial charge in [-0.3, -0.25) is 14.4 Å². The highest BCUT2D eigenvalue weighted by Gasteiger charge is 2.36. The third kappa shape index (κ3) is 5.89. The molecular weight excluding hydrogens is 585 g/mol. The smallest absolute Gasteiger partial charge is 0.416 e. The molecule has 5 rings (SSSR count). The highest BCUT2D eigenvalue weighted by molar-refractivity contribution is 6.31. The maximum Gasteiger partial charge on any atom is 0.416 e. The van der Waals surface area contributed by atoms with Gasteiger partial charge in [-0.15, -0.1) is 0 Å². The monoisotopic (exact) mass is 607 g/mol. The van der Waals surface area contributed by atoms with Gasteiger partial charge in [0.1, 0.15) is 24.0 Å². The number of benzene rings is 3. The highest BCUT2D eigenvalue weighted by Crippen LogP contribution is 2.42. The van der Waals surface area contributed by atoms with E-state index in [4.69, 9.17) is 16.3 Å². The molecule has 220 valence electrons. The van der Waals surface area contributed by atoms with Gasteiger partial charge in [0.05, 0.1) is 28.9 Å². The molecular formula is C29H23ClF5N3O4. The molecule has 3 aromatic carbocycles. The summed E-state index contributed by atoms with van der Waals surface area (Å²) in [5, 5.41) is 5.26. The fourth-order valence-electron chi connectivity index (χ4n) is 5.26. The first-order valence-electron chi connectivity index (χ1n) is 12.8. The number of hydrogen-bond acceptors (Lipinski definition) is 4. The molecule has 3 amide bonds. The standard InChI is InChI=1S/C29H23ClF5N3O4/c1-14(39)38-6-2-3-19(38)13-42-20-11-22-25(26(37-28(22)41)21-10-17(31)4-5-23(21)30)24(12-20)36-27(40)15-7-16(29(33,34)35)9-18(32)8-15/h4-5,7-12,19,26H,2-3,6,13H2,1H3,(H,36,40)(H,37,41)/t19-,26?/m1/s1. The third-order valence-electron chi connectivity index (χ3n) is 7.19. The van der Waals surface area contributed by atoms with Gasteiger partial charge >= 0.3 is 6.18 Å². The van der Waals surface area contributed by atoms with Crippen LogP contribution in [0.2, 0.25) is 5.02 Å². The Hall–Kier alpha value is -4.19. The van der Waals surface area contributed by atoms with Crippen molar-refractivity contribution < 1.29 is 41.1 Å². The summed E-state index contributed by atoms with van der Waals surface area (Å²) >= 11 is 6.30. The van der Waals surface area contributed by atoms with Crippen molar-refractivity contribution in [2.24, 2.45) is 0 Å². The molecule has 1 saturated heterocycles. The normalized spacial score (nSPS) is 18.1. The van der Waals surface area contributed by atoms with Crippen LogP contribution in [0, 0.1) is 11.6 Å². The van der Waals surface area contributed by atoms with Gasteiger partial charge in [0.2, 0.25) is 5.91 Å². The molecule has 3 aromatic rings. The summed E-state index contributed by atoms with van der Waals surface area (Å²) in [6, 6.07) is 6.43. The van der Waals surface area contributed by atoms with Crippen LogP contribution in [-0.4, -0.2) is 41.8 Å². The summed E-state index contributed by atoms with van der Waals surface area (Å²) in [5.41, 5.74) is -1.67. The van der Waals surface area contributed by atoms with Crippen LogP contribution in [0.5, 0.6) is 5.75 Å². The van der Waals surface area contributed by atoms with Crippen LogP contribution in [0.15, 0.2) is 48.5 Å². The molecule has 0 aliphatic carbocycles. The summed E-state index contributed by atoms with van der Waals surface area (Å²) < 4.78 is 74.0. The number of likely N-dealkylation sites (tertiary alicyclic amines) is 1. The number of anilines is 1. The number of carbonyl (C=O) groups is 3. The molecule has 0 saturated carbocycles. The molecule has 7 nitrogen and oxygen atoms in total. The van der Waals surface area contributed by atoms with Crippen molar-refractivity contribution in [2.45, 2.75) is 38.0 Å². The Morgan fingerprint density at radius 3 is 2.57 bits per heavy atom. The molecule has 0 bridgehead atoms. The molecule has 2 aliphatic rings. The SMILES string of the molecule is CC(=O)N1CCC[C@@H]1COc1cc(NC(=O)c2cc(F)cc(C(F)(F)F)c2)c2c(c1)C(=O)NC2c1cc(F)ccc1Cl. The summed E-state index contributed by atoms with van der Waals surface area (Å²) in [7, 11) is 0. The number of nitrogens with one attached hydrogen (secondary N) is 2. The molecule has 1 fully saturated rings. The van der Waals surface area contributed by atoms with E-state index in [1.807, 2.05) is 0 Å². The number of amides is 3. The number of fused-ring (bicyclic) bond motifs is 1. The Kier molecular flexibility index (Phi) is 7.84. The van der Waals surface area contributed by atoms with Gasteiger partial charge in [-0.1, -0.05) is 11.6 Å². The topological polar surface area (TPSA) is 87.7 Å². The van der Waals surface area contributed by atoms with E-state index < -0.39 is 46.8 Å². The zero-order chi connectivity index (χ0) is 30.3. The highest BCUT2D eigenvalue weighted by atomic mass is 35.5. The van der Waals surface area contributed by atoms with Crippen molar-refractivity contribution in [3.05, 3.63) is 93.0 Å². The van der Waals surface area contributed by atoms with E-state index >= 15 is 0 Å². The number of hydrogen-bond donors (Lipinski definition) is 2. The summed E-state index contributed by atoms with van der Waals surface area (Å²) in [5.74, 6) is -3.62. The molecule has 0 spiro atoms. The molecule has 0 radical (unpaired) electrons. The predicted molar refractivity (Wildman–Crippen MR) is 142 cm³/mol. The molecule has 2 heterocycles. The van der Waals surface area contributed by atoms with E-state index in [1.165, 1.54) is 25.1 Å². The van der Waals surface area contributed by atoms with Gasteiger partial charge in [0.25, 0.3) is 11.8 Å². The van der Waals surface area contributed by atoms with Crippen LogP contribution < -0.4 is 15.4 Å². The molecule has 13 heteroatoms. The van der Waals surface area contributed by atoms with Crippen molar-refractivity contribution in [2.75, 3.05) is 18.5 Å². The van der Waals surface area contributed by atoms with Gasteiger partial charge < -0.3 is 20.3 Å². The lowest BCUT2D eigenvalue weighted by Crippen LogP contribution is -2.37. The fourth-order valence-corrected chi connectivity index (χ4v) is 5.48. The van der Waals surface area contributed by atoms with E-state index in [-0.39, 0.29) is 57.8 Å². The van der Waals surface area contributed by atoms with Crippen molar-refractivity contribution in [1.82, 2.24) is 10.2 Å². The molecule has 2 aliphatic heterocycles. The second kappa shape index (κ2) is 11.2. The lowest BCUT2D eigenvalue weighted by Gasteiger charge is -2.24. The lowest BCUT2D eigenvalue weighted by atomic mass is 9.95. The number of rotatable bonds is 6. The van der Waals surface area contributed by atoms with Gasteiger partial charge in [0, 0.05) is 41.2 Å². The fraction of sp³-hybridized carbons (Fsp3) is 0.276. The molecule has 2 atom stereocenters. The van der Waals surface area contributed by atoms with E-state index in [1.54, 1.807) is 4.90 Å². The summed E-state index contributed by atoms with van der Waals surface area (Å²) in [6.07, 6.45) is -3.43. The third-order valence-corrected chi connectivity index (χ3v) is 7.54. The minimum Gasteiger partial charge on any atom is -0.491 e. The Balaban J connectivity index is 1.55. The first-order valence-corrected chi connectivity index (χ1v) is 13.2. The summed E-state index contributed by atoms with van der Waals surface area (Å²) in [6.45, 7) is 2.09. The van der Waals surface area contributed by atoms with Crippen LogP contribution in [-0.2, 0) is 11.0 Å². The Morgan fingerprint density at radius 2 is 1.86 bits per heavy atom. The average molecular weight is 608 g/mol. The Labute approximate surface area is 241 Å². The Morgan fingerprint density at radius 1 is 1.10 bits per heavy atom. The van der Waals surface area contributed by atoms with E-state index in [2.05, 4.69) is 10.6 Å². The minimum absolute atomic E-state index is 0.0400. The van der Waals surface area contributed by atoms with Gasteiger partial charge in [0.15, 0.2) is 0 Å². The second-order valence-corrected chi connectivity index (χ2v) is 10.4. The number of carbonyl (C=O) groups excluding carboxylic acids is 3. The van der Waals surface area contributed by atoms with Crippen LogP contribution >= 0.6 is 11.6 Å². The van der Waals surface area contributed by atoms with Crippen LogP contribution in [0.1, 0.15) is 63.2 Å². The number of halogens is 6.